The van der Waals surface area contributed by atoms with Crippen molar-refractivity contribution in [2.45, 2.75) is 31.7 Å². The van der Waals surface area contributed by atoms with Crippen molar-refractivity contribution < 1.29 is 27.4 Å². The Morgan fingerprint density at radius 2 is 1.65 bits per heavy atom. The monoisotopic (exact) mass is 364 g/mol. The zero-order valence-corrected chi connectivity index (χ0v) is 14.1. The van der Waals surface area contributed by atoms with Gasteiger partial charge in [-0.1, -0.05) is 36.4 Å². The van der Waals surface area contributed by atoms with Crippen molar-refractivity contribution in [2.75, 3.05) is 13.2 Å². The molecule has 3 nitrogen and oxygen atoms in total. The summed E-state index contributed by atoms with van der Waals surface area (Å²) < 4.78 is 49.1. The quantitative estimate of drug-likeness (QED) is 0.693. The van der Waals surface area contributed by atoms with Crippen LogP contribution in [-0.2, 0) is 15.7 Å². The highest BCUT2D eigenvalue weighted by Gasteiger charge is 2.30. The third kappa shape index (κ3) is 4.51. The summed E-state index contributed by atoms with van der Waals surface area (Å²) in [5.41, 5.74) is 0.976. The summed E-state index contributed by atoms with van der Waals surface area (Å²) in [6, 6.07) is 11.8. The standard InChI is InChI=1S/C20H19F3O3/c21-20(22,23)15-8-6-14(7-9-15)16-4-1-2-5-17(16)18(24)10-11-19-25-12-3-13-26-19/h1-2,4-9,19H,3,10-13H2. The Labute approximate surface area is 149 Å². The molecule has 3 rings (SSSR count). The van der Waals surface area contributed by atoms with Gasteiger partial charge in [0.05, 0.1) is 18.8 Å². The van der Waals surface area contributed by atoms with Gasteiger partial charge in [0.15, 0.2) is 12.1 Å². The SMILES string of the molecule is O=C(CCC1OCCCO1)c1ccccc1-c1ccc(C(F)(F)F)cc1. The van der Waals surface area contributed by atoms with E-state index in [1.54, 1.807) is 24.3 Å². The first-order valence-corrected chi connectivity index (χ1v) is 8.48. The fraction of sp³-hybridized carbons (Fsp3) is 0.350. The topological polar surface area (TPSA) is 35.5 Å². The third-order valence-corrected chi connectivity index (χ3v) is 4.25. The van der Waals surface area contributed by atoms with Crippen molar-refractivity contribution >= 4 is 5.78 Å². The van der Waals surface area contributed by atoms with Crippen LogP contribution in [0.25, 0.3) is 11.1 Å². The minimum absolute atomic E-state index is 0.0849. The van der Waals surface area contributed by atoms with Gasteiger partial charge >= 0.3 is 6.18 Å². The maximum atomic E-state index is 12.7. The molecule has 1 saturated heterocycles. The van der Waals surface area contributed by atoms with Gasteiger partial charge in [0.1, 0.15) is 0 Å². The lowest BCUT2D eigenvalue weighted by Crippen LogP contribution is -2.25. The number of halogens is 3. The molecule has 0 atom stereocenters. The van der Waals surface area contributed by atoms with Gasteiger partial charge in [-0.25, -0.2) is 0 Å². The third-order valence-electron chi connectivity index (χ3n) is 4.25. The highest BCUT2D eigenvalue weighted by Crippen LogP contribution is 2.32. The molecule has 0 amide bonds. The van der Waals surface area contributed by atoms with E-state index in [1.807, 2.05) is 0 Å². The van der Waals surface area contributed by atoms with Crippen LogP contribution in [-0.4, -0.2) is 25.3 Å². The summed E-state index contributed by atoms with van der Waals surface area (Å²) in [5.74, 6) is -0.0849. The van der Waals surface area contributed by atoms with Crippen LogP contribution in [0.1, 0.15) is 35.2 Å². The number of benzene rings is 2. The fourth-order valence-electron chi connectivity index (χ4n) is 2.90. The lowest BCUT2D eigenvalue weighted by molar-refractivity contribution is -0.180. The van der Waals surface area contributed by atoms with Crippen LogP contribution >= 0.6 is 0 Å². The van der Waals surface area contributed by atoms with Gasteiger partial charge < -0.3 is 9.47 Å². The van der Waals surface area contributed by atoms with Crippen molar-refractivity contribution in [3.05, 3.63) is 59.7 Å². The van der Waals surface area contributed by atoms with E-state index in [2.05, 4.69) is 0 Å². The molecule has 2 aromatic carbocycles. The smallest absolute Gasteiger partial charge is 0.353 e. The van der Waals surface area contributed by atoms with Gasteiger partial charge in [0.2, 0.25) is 0 Å². The van der Waals surface area contributed by atoms with E-state index in [1.165, 1.54) is 12.1 Å². The van der Waals surface area contributed by atoms with E-state index < -0.39 is 11.7 Å². The Bertz CT molecular complexity index is 748. The number of hydrogen-bond acceptors (Lipinski definition) is 3. The molecule has 2 aromatic rings. The van der Waals surface area contributed by atoms with Crippen molar-refractivity contribution in [1.29, 1.82) is 0 Å². The average molecular weight is 364 g/mol. The minimum atomic E-state index is -4.38. The normalized spacial score (nSPS) is 15.8. The van der Waals surface area contributed by atoms with Crippen LogP contribution in [0.3, 0.4) is 0 Å². The Balaban J connectivity index is 1.76. The van der Waals surface area contributed by atoms with Gasteiger partial charge in [-0.15, -0.1) is 0 Å². The molecule has 0 spiro atoms. The second-order valence-electron chi connectivity index (χ2n) is 6.11. The van der Waals surface area contributed by atoms with Gasteiger partial charge in [-0.3, -0.25) is 4.79 Å². The molecule has 1 aliphatic rings. The van der Waals surface area contributed by atoms with Crippen LogP contribution in [0.4, 0.5) is 13.2 Å². The zero-order valence-electron chi connectivity index (χ0n) is 14.1. The fourth-order valence-corrected chi connectivity index (χ4v) is 2.90. The van der Waals surface area contributed by atoms with Crippen molar-refractivity contribution in [3.63, 3.8) is 0 Å². The van der Waals surface area contributed by atoms with E-state index in [9.17, 15) is 18.0 Å². The number of ketones is 1. The largest absolute Gasteiger partial charge is 0.416 e. The molecular formula is C20H19F3O3. The Morgan fingerprint density at radius 3 is 2.31 bits per heavy atom. The van der Waals surface area contributed by atoms with Crippen molar-refractivity contribution in [1.82, 2.24) is 0 Å². The van der Waals surface area contributed by atoms with Crippen molar-refractivity contribution in [3.8, 4) is 11.1 Å². The summed E-state index contributed by atoms with van der Waals surface area (Å²) >= 11 is 0. The molecule has 1 fully saturated rings. The molecule has 1 aliphatic heterocycles. The number of carbonyl (C=O) groups excluding carboxylic acids is 1. The highest BCUT2D eigenvalue weighted by molar-refractivity contribution is 6.02. The second kappa shape index (κ2) is 8.01. The van der Waals surface area contributed by atoms with E-state index in [-0.39, 0.29) is 18.5 Å². The Morgan fingerprint density at radius 1 is 1.00 bits per heavy atom. The number of hydrogen-bond donors (Lipinski definition) is 0. The Kier molecular flexibility index (Phi) is 5.74. The van der Waals surface area contributed by atoms with E-state index in [0.29, 0.717) is 36.3 Å². The first-order chi connectivity index (χ1) is 12.4. The molecule has 1 heterocycles. The van der Waals surface area contributed by atoms with Crippen LogP contribution in [0.15, 0.2) is 48.5 Å². The maximum Gasteiger partial charge on any atom is 0.416 e. The second-order valence-corrected chi connectivity index (χ2v) is 6.11. The van der Waals surface area contributed by atoms with Crippen LogP contribution in [0.2, 0.25) is 0 Å². The molecule has 0 radical (unpaired) electrons. The molecule has 0 N–H and O–H groups in total. The number of rotatable bonds is 5. The molecule has 0 unspecified atom stereocenters. The lowest BCUT2D eigenvalue weighted by Gasteiger charge is -2.22. The van der Waals surface area contributed by atoms with E-state index >= 15 is 0 Å². The first kappa shape index (κ1) is 18.6. The molecule has 6 heteroatoms. The molecular weight excluding hydrogens is 345 g/mol. The van der Waals surface area contributed by atoms with Crippen LogP contribution in [0, 0.1) is 0 Å². The number of alkyl halides is 3. The first-order valence-electron chi connectivity index (χ1n) is 8.48. The minimum Gasteiger partial charge on any atom is -0.353 e. The molecule has 26 heavy (non-hydrogen) atoms. The molecule has 0 aliphatic carbocycles. The summed E-state index contributed by atoms with van der Waals surface area (Å²) in [4.78, 5) is 12.6. The molecule has 0 aromatic heterocycles. The number of ether oxygens (including phenoxy) is 2. The maximum absolute atomic E-state index is 12.7. The lowest BCUT2D eigenvalue weighted by atomic mass is 9.94. The van der Waals surface area contributed by atoms with Gasteiger partial charge in [-0.05, 0) is 29.7 Å². The molecule has 138 valence electrons. The summed E-state index contributed by atoms with van der Waals surface area (Å²) in [5, 5.41) is 0. The van der Waals surface area contributed by atoms with Gasteiger partial charge in [0.25, 0.3) is 0 Å². The van der Waals surface area contributed by atoms with E-state index in [4.69, 9.17) is 9.47 Å². The predicted molar refractivity (Wildman–Crippen MR) is 90.8 cm³/mol. The highest BCUT2D eigenvalue weighted by atomic mass is 19.4. The average Bonchev–Trinajstić information content (AvgIpc) is 2.66. The van der Waals surface area contributed by atoms with Crippen LogP contribution < -0.4 is 0 Å². The number of Topliss-reactive ketones (excluding diaryl/α,β-unsaturated/α-hetero) is 1. The van der Waals surface area contributed by atoms with Crippen LogP contribution in [0.5, 0.6) is 0 Å². The zero-order chi connectivity index (χ0) is 18.6. The summed E-state index contributed by atoms with van der Waals surface area (Å²) in [7, 11) is 0. The molecule has 0 saturated carbocycles. The summed E-state index contributed by atoms with van der Waals surface area (Å²) in [6.45, 7) is 1.25. The predicted octanol–water partition coefficient (Wildman–Crippen LogP) is 5.10. The Hall–Kier alpha value is -2.18. The summed E-state index contributed by atoms with van der Waals surface area (Å²) in [6.07, 6.45) is -3.19. The van der Waals surface area contributed by atoms with Gasteiger partial charge in [-0.2, -0.15) is 13.2 Å². The van der Waals surface area contributed by atoms with Crippen molar-refractivity contribution in [2.24, 2.45) is 0 Å². The number of carbonyl (C=O) groups is 1. The van der Waals surface area contributed by atoms with E-state index in [0.717, 1.165) is 18.6 Å². The van der Waals surface area contributed by atoms with Gasteiger partial charge in [0, 0.05) is 18.4 Å². The molecule has 0 bridgehead atoms.